The minimum Gasteiger partial charge on any atom is -0.282 e. The van der Waals surface area contributed by atoms with Crippen LogP contribution in [0.15, 0.2) is 41.8 Å². The van der Waals surface area contributed by atoms with Gasteiger partial charge < -0.3 is 0 Å². The first-order valence-electron chi connectivity index (χ1n) is 3.72. The van der Waals surface area contributed by atoms with E-state index in [2.05, 4.69) is 6.58 Å². The Morgan fingerprint density at radius 3 is 2.43 bits per heavy atom. The van der Waals surface area contributed by atoms with Crippen LogP contribution in [0.4, 0.5) is 0 Å². The van der Waals surface area contributed by atoms with Crippen LogP contribution in [-0.4, -0.2) is 13.0 Å². The van der Waals surface area contributed by atoms with Gasteiger partial charge in [0.2, 0.25) is 0 Å². The second-order valence-electron chi connectivity index (χ2n) is 2.58. The van der Waals surface area contributed by atoms with Gasteiger partial charge in [0.15, 0.2) is 0 Å². The molecule has 0 aliphatic heterocycles. The first-order chi connectivity index (χ1) is 6.05. The summed E-state index contributed by atoms with van der Waals surface area (Å²) in [4.78, 5) is -0.0464. The summed E-state index contributed by atoms with van der Waals surface area (Å²) in [6.45, 7) is 3.50. The summed E-state index contributed by atoms with van der Waals surface area (Å²) in [5.74, 6) is 0. The van der Waals surface area contributed by atoms with E-state index in [4.69, 9.17) is 4.55 Å². The van der Waals surface area contributed by atoms with E-state index in [9.17, 15) is 8.42 Å². The second kappa shape index (κ2) is 5.39. The summed E-state index contributed by atoms with van der Waals surface area (Å²) in [6.07, 6.45) is 2.01. The molecule has 0 bridgehead atoms. The van der Waals surface area contributed by atoms with Gasteiger partial charge in [-0.2, -0.15) is 8.42 Å². The molecular formula is C9H10O3SZn. The van der Waals surface area contributed by atoms with Crippen molar-refractivity contribution in [2.24, 2.45) is 0 Å². The van der Waals surface area contributed by atoms with Crippen molar-refractivity contribution in [1.82, 2.24) is 0 Å². The van der Waals surface area contributed by atoms with Crippen LogP contribution in [0, 0.1) is 0 Å². The van der Waals surface area contributed by atoms with Crippen LogP contribution in [0.5, 0.6) is 0 Å². The van der Waals surface area contributed by atoms with Crippen LogP contribution < -0.4 is 0 Å². The van der Waals surface area contributed by atoms with Gasteiger partial charge in [-0.05, 0) is 18.1 Å². The zero-order valence-electron chi connectivity index (χ0n) is 7.68. The predicted octanol–water partition coefficient (Wildman–Crippen LogP) is 1.66. The van der Waals surface area contributed by atoms with Crippen molar-refractivity contribution in [3.05, 3.63) is 42.5 Å². The fraction of sp³-hybridized carbons (Fsp3) is 0.111. The number of hydrogen-bond donors (Lipinski definition) is 1. The average Bonchev–Trinajstić information content (AvgIpc) is 2.04. The monoisotopic (exact) mass is 262 g/mol. The van der Waals surface area contributed by atoms with E-state index in [1.54, 1.807) is 24.3 Å². The first-order valence-corrected chi connectivity index (χ1v) is 5.16. The van der Waals surface area contributed by atoms with Gasteiger partial charge in [0.1, 0.15) is 0 Å². The van der Waals surface area contributed by atoms with Crippen LogP contribution in [-0.2, 0) is 36.0 Å². The van der Waals surface area contributed by atoms with Gasteiger partial charge in [0, 0.05) is 19.5 Å². The Hall–Kier alpha value is -0.507. The first kappa shape index (κ1) is 13.5. The zero-order valence-corrected chi connectivity index (χ0v) is 11.5. The van der Waals surface area contributed by atoms with E-state index >= 15 is 0 Å². The van der Waals surface area contributed by atoms with Crippen molar-refractivity contribution in [1.29, 1.82) is 0 Å². The number of allylic oxidation sites excluding steroid dienone is 1. The fourth-order valence-corrected chi connectivity index (χ4v) is 1.81. The molecule has 0 spiro atoms. The molecule has 1 aromatic rings. The summed E-state index contributed by atoms with van der Waals surface area (Å²) in [7, 11) is -4.10. The summed E-state index contributed by atoms with van der Waals surface area (Å²) < 4.78 is 30.5. The third kappa shape index (κ3) is 3.33. The number of hydrogen-bond acceptors (Lipinski definition) is 2. The summed E-state index contributed by atoms with van der Waals surface area (Å²) >= 11 is 0. The Labute approximate surface area is 96.3 Å². The number of rotatable bonds is 3. The van der Waals surface area contributed by atoms with Gasteiger partial charge in [-0.25, -0.2) is 0 Å². The van der Waals surface area contributed by atoms with Crippen molar-refractivity contribution in [2.75, 3.05) is 0 Å². The summed E-state index contributed by atoms with van der Waals surface area (Å²) in [6, 6.07) is 6.29. The molecule has 0 aliphatic carbocycles. The molecule has 72 valence electrons. The van der Waals surface area contributed by atoms with E-state index in [-0.39, 0.29) is 24.4 Å². The van der Waals surface area contributed by atoms with Crippen molar-refractivity contribution in [3.8, 4) is 0 Å². The van der Waals surface area contributed by atoms with E-state index in [0.717, 1.165) is 0 Å². The SMILES string of the molecule is C=CCc1ccccc1S(=O)(=O)O.[Zn]. The summed E-state index contributed by atoms with van der Waals surface area (Å²) in [5.41, 5.74) is 0.556. The minimum atomic E-state index is -4.10. The van der Waals surface area contributed by atoms with E-state index in [1.807, 2.05) is 0 Å². The van der Waals surface area contributed by atoms with Crippen LogP contribution >= 0.6 is 0 Å². The quantitative estimate of drug-likeness (QED) is 0.513. The topological polar surface area (TPSA) is 54.4 Å². The zero-order chi connectivity index (χ0) is 9.90. The molecule has 1 rings (SSSR count). The molecule has 0 atom stereocenters. The standard InChI is InChI=1S/C9H10O3S.Zn/c1-2-5-8-6-3-4-7-9(8)13(10,11)12;/h2-4,6-7H,1,5H2,(H,10,11,12);. The van der Waals surface area contributed by atoms with Gasteiger partial charge in [-0.1, -0.05) is 24.3 Å². The number of benzene rings is 1. The average molecular weight is 264 g/mol. The van der Waals surface area contributed by atoms with Crippen molar-refractivity contribution >= 4 is 10.1 Å². The van der Waals surface area contributed by atoms with E-state index < -0.39 is 10.1 Å². The van der Waals surface area contributed by atoms with Crippen LogP contribution in [0.3, 0.4) is 0 Å². The molecule has 0 saturated carbocycles. The second-order valence-corrected chi connectivity index (χ2v) is 3.97. The van der Waals surface area contributed by atoms with Crippen LogP contribution in [0.25, 0.3) is 0 Å². The van der Waals surface area contributed by atoms with E-state index in [1.165, 1.54) is 6.07 Å². The molecule has 0 aromatic heterocycles. The molecule has 0 fully saturated rings. The van der Waals surface area contributed by atoms with Gasteiger partial charge in [-0.3, -0.25) is 4.55 Å². The third-order valence-electron chi connectivity index (χ3n) is 1.61. The Kier molecular flexibility index (Phi) is 5.20. The molecule has 1 aromatic carbocycles. The van der Waals surface area contributed by atoms with Crippen molar-refractivity contribution in [3.63, 3.8) is 0 Å². The van der Waals surface area contributed by atoms with Gasteiger partial charge in [0.05, 0.1) is 4.90 Å². The van der Waals surface area contributed by atoms with Crippen LogP contribution in [0.1, 0.15) is 5.56 Å². The molecule has 3 nitrogen and oxygen atoms in total. The minimum absolute atomic E-state index is 0. The molecule has 0 unspecified atom stereocenters. The third-order valence-corrected chi connectivity index (χ3v) is 2.57. The van der Waals surface area contributed by atoms with Crippen LogP contribution in [0.2, 0.25) is 0 Å². The molecule has 14 heavy (non-hydrogen) atoms. The van der Waals surface area contributed by atoms with Gasteiger partial charge in [-0.15, -0.1) is 6.58 Å². The Morgan fingerprint density at radius 1 is 1.36 bits per heavy atom. The maximum Gasteiger partial charge on any atom is 0.294 e. The smallest absolute Gasteiger partial charge is 0.282 e. The molecule has 0 radical (unpaired) electrons. The molecule has 0 aliphatic rings. The Morgan fingerprint density at radius 2 is 1.93 bits per heavy atom. The maximum atomic E-state index is 10.8. The maximum absolute atomic E-state index is 10.8. The molecule has 5 heteroatoms. The fourth-order valence-electron chi connectivity index (χ4n) is 1.08. The van der Waals surface area contributed by atoms with Crippen molar-refractivity contribution < 1.29 is 32.4 Å². The van der Waals surface area contributed by atoms with Crippen molar-refractivity contribution in [2.45, 2.75) is 11.3 Å². The molecule has 0 saturated heterocycles. The molecule has 0 heterocycles. The van der Waals surface area contributed by atoms with E-state index in [0.29, 0.717) is 12.0 Å². The predicted molar refractivity (Wildman–Crippen MR) is 50.2 cm³/mol. The molecular weight excluding hydrogens is 254 g/mol. The largest absolute Gasteiger partial charge is 0.294 e. The van der Waals surface area contributed by atoms with Gasteiger partial charge in [0.25, 0.3) is 10.1 Å². The molecule has 0 amide bonds. The van der Waals surface area contributed by atoms with Gasteiger partial charge >= 0.3 is 0 Å². The Bertz CT molecular complexity index is 412. The summed E-state index contributed by atoms with van der Waals surface area (Å²) in [5, 5.41) is 0. The molecule has 1 N–H and O–H groups in total. The normalized spacial score (nSPS) is 10.4. The Balaban J connectivity index is 0.00000169.